The minimum absolute atomic E-state index is 0.0554. The molecule has 2 rings (SSSR count). The quantitative estimate of drug-likeness (QED) is 0.554. The number of rotatable bonds is 7. The highest BCUT2D eigenvalue weighted by Gasteiger charge is 2.48. The minimum atomic E-state index is -1.33. The molecule has 1 saturated carbocycles. The fourth-order valence-corrected chi connectivity index (χ4v) is 3.49. The predicted molar refractivity (Wildman–Crippen MR) is 90.0 cm³/mol. The Bertz CT molecular complexity index is 565. The Morgan fingerprint density at radius 2 is 1.79 bits per heavy atom. The SMILES string of the molecule is COC(=O)C(Cl)(CC(=O)OCc1ccc(OC)cc1)C1CCCC1. The number of benzene rings is 1. The molecule has 1 aliphatic carbocycles. The summed E-state index contributed by atoms with van der Waals surface area (Å²) >= 11 is 6.52. The van der Waals surface area contributed by atoms with Gasteiger partial charge >= 0.3 is 11.9 Å². The van der Waals surface area contributed by atoms with Gasteiger partial charge in [-0.2, -0.15) is 0 Å². The molecule has 1 aromatic rings. The lowest BCUT2D eigenvalue weighted by Crippen LogP contribution is -2.42. The highest BCUT2D eigenvalue weighted by Crippen LogP contribution is 2.41. The molecule has 0 saturated heterocycles. The molecule has 24 heavy (non-hydrogen) atoms. The van der Waals surface area contributed by atoms with Gasteiger partial charge in [0, 0.05) is 0 Å². The maximum Gasteiger partial charge on any atom is 0.327 e. The van der Waals surface area contributed by atoms with E-state index in [1.54, 1.807) is 19.2 Å². The molecule has 6 heteroatoms. The molecule has 0 N–H and O–H groups in total. The number of alkyl halides is 1. The van der Waals surface area contributed by atoms with Crippen LogP contribution < -0.4 is 4.74 Å². The number of methoxy groups -OCH3 is 2. The summed E-state index contributed by atoms with van der Waals surface area (Å²) in [4.78, 5) is 23.0. The number of hydrogen-bond donors (Lipinski definition) is 0. The normalized spacial score (nSPS) is 17.1. The van der Waals surface area contributed by atoms with E-state index in [4.69, 9.17) is 25.8 Å². The van der Waals surface area contributed by atoms with Gasteiger partial charge in [-0.3, -0.25) is 9.59 Å². The number of hydrogen-bond acceptors (Lipinski definition) is 5. The van der Waals surface area contributed by atoms with Gasteiger partial charge in [0.25, 0.3) is 0 Å². The van der Waals surface area contributed by atoms with Crippen molar-refractivity contribution in [3.8, 4) is 5.75 Å². The summed E-state index contributed by atoms with van der Waals surface area (Å²) in [5.41, 5.74) is 0.836. The molecular formula is C18H23ClO5. The molecule has 1 aliphatic rings. The van der Waals surface area contributed by atoms with Crippen molar-refractivity contribution in [1.29, 1.82) is 0 Å². The first-order chi connectivity index (χ1) is 11.5. The molecule has 0 aliphatic heterocycles. The van der Waals surface area contributed by atoms with Crippen LogP contribution in [0.25, 0.3) is 0 Å². The fourth-order valence-electron chi connectivity index (χ4n) is 3.08. The van der Waals surface area contributed by atoms with Crippen LogP contribution in [0.1, 0.15) is 37.7 Å². The zero-order chi connectivity index (χ0) is 17.6. The van der Waals surface area contributed by atoms with Crippen LogP contribution in [0.5, 0.6) is 5.75 Å². The second-order valence-electron chi connectivity index (χ2n) is 6.02. The first-order valence-corrected chi connectivity index (χ1v) is 8.43. The van der Waals surface area contributed by atoms with Gasteiger partial charge in [0.1, 0.15) is 12.4 Å². The van der Waals surface area contributed by atoms with Crippen molar-refractivity contribution in [2.75, 3.05) is 14.2 Å². The average Bonchev–Trinajstić information content (AvgIpc) is 3.14. The first-order valence-electron chi connectivity index (χ1n) is 8.05. The van der Waals surface area contributed by atoms with Gasteiger partial charge in [-0.25, -0.2) is 0 Å². The van der Waals surface area contributed by atoms with Crippen molar-refractivity contribution in [2.45, 2.75) is 43.6 Å². The number of carbonyl (C=O) groups excluding carboxylic acids is 2. The molecule has 1 aromatic carbocycles. The molecule has 5 nitrogen and oxygen atoms in total. The molecule has 0 aromatic heterocycles. The Balaban J connectivity index is 1.95. The van der Waals surface area contributed by atoms with Crippen LogP contribution in [-0.2, 0) is 25.7 Å². The Hall–Kier alpha value is -1.75. The topological polar surface area (TPSA) is 61.8 Å². The average molecular weight is 355 g/mol. The van der Waals surface area contributed by atoms with Gasteiger partial charge in [-0.15, -0.1) is 11.6 Å². The molecule has 0 amide bonds. The van der Waals surface area contributed by atoms with E-state index in [2.05, 4.69) is 0 Å². The van der Waals surface area contributed by atoms with E-state index in [0.717, 1.165) is 37.0 Å². The van der Waals surface area contributed by atoms with Crippen molar-refractivity contribution < 1.29 is 23.8 Å². The van der Waals surface area contributed by atoms with Gasteiger partial charge in [0.2, 0.25) is 0 Å². The Morgan fingerprint density at radius 1 is 1.17 bits per heavy atom. The summed E-state index contributed by atoms with van der Waals surface area (Å²) in [6.45, 7) is 0.127. The number of halogens is 1. The summed E-state index contributed by atoms with van der Waals surface area (Å²) < 4.78 is 15.2. The molecule has 1 unspecified atom stereocenters. The van der Waals surface area contributed by atoms with Gasteiger partial charge in [0.15, 0.2) is 4.87 Å². The predicted octanol–water partition coefficient (Wildman–Crippen LogP) is 3.47. The summed E-state index contributed by atoms with van der Waals surface area (Å²) in [7, 11) is 2.88. The molecule has 0 radical (unpaired) electrons. The number of ether oxygens (including phenoxy) is 3. The monoisotopic (exact) mass is 354 g/mol. The highest BCUT2D eigenvalue weighted by molar-refractivity contribution is 6.35. The lowest BCUT2D eigenvalue weighted by Gasteiger charge is -2.29. The summed E-state index contributed by atoms with van der Waals surface area (Å²) in [6, 6.07) is 7.22. The summed E-state index contributed by atoms with van der Waals surface area (Å²) in [5, 5.41) is 0. The van der Waals surface area contributed by atoms with Crippen LogP contribution in [0.15, 0.2) is 24.3 Å². The highest BCUT2D eigenvalue weighted by atomic mass is 35.5. The van der Waals surface area contributed by atoms with Gasteiger partial charge < -0.3 is 14.2 Å². The lowest BCUT2D eigenvalue weighted by atomic mass is 9.87. The Morgan fingerprint density at radius 3 is 2.33 bits per heavy atom. The summed E-state index contributed by atoms with van der Waals surface area (Å²) in [6.07, 6.45) is 3.49. The first kappa shape index (κ1) is 18.6. The molecule has 1 atom stereocenters. The van der Waals surface area contributed by atoms with Crippen molar-refractivity contribution in [3.05, 3.63) is 29.8 Å². The Labute approximate surface area is 147 Å². The van der Waals surface area contributed by atoms with E-state index < -0.39 is 16.8 Å². The smallest absolute Gasteiger partial charge is 0.327 e. The number of carbonyl (C=O) groups is 2. The van der Waals surface area contributed by atoms with E-state index in [9.17, 15) is 9.59 Å². The third-order valence-corrected chi connectivity index (χ3v) is 5.08. The van der Waals surface area contributed by atoms with Crippen molar-refractivity contribution in [2.24, 2.45) is 5.92 Å². The van der Waals surface area contributed by atoms with E-state index in [-0.39, 0.29) is 18.9 Å². The minimum Gasteiger partial charge on any atom is -0.497 e. The molecule has 132 valence electrons. The van der Waals surface area contributed by atoms with Crippen molar-refractivity contribution in [1.82, 2.24) is 0 Å². The molecule has 0 heterocycles. The lowest BCUT2D eigenvalue weighted by molar-refractivity contribution is -0.154. The summed E-state index contributed by atoms with van der Waals surface area (Å²) in [5.74, 6) is -0.382. The van der Waals surface area contributed by atoms with Gasteiger partial charge in [-0.05, 0) is 36.5 Å². The standard InChI is InChI=1S/C18H23ClO5/c1-22-15-9-7-13(8-10-15)12-24-16(20)11-18(19,17(21)23-2)14-5-3-4-6-14/h7-10,14H,3-6,11-12H2,1-2H3. The maximum atomic E-state index is 12.2. The van der Waals surface area contributed by atoms with Gasteiger partial charge in [-0.1, -0.05) is 25.0 Å². The van der Waals surface area contributed by atoms with E-state index in [1.165, 1.54) is 7.11 Å². The third-order valence-electron chi connectivity index (χ3n) is 4.49. The van der Waals surface area contributed by atoms with E-state index >= 15 is 0 Å². The molecular weight excluding hydrogens is 332 g/mol. The Kier molecular flexibility index (Phi) is 6.49. The zero-order valence-electron chi connectivity index (χ0n) is 14.0. The van der Waals surface area contributed by atoms with E-state index in [1.807, 2.05) is 12.1 Å². The van der Waals surface area contributed by atoms with Crippen LogP contribution in [0.3, 0.4) is 0 Å². The zero-order valence-corrected chi connectivity index (χ0v) is 14.8. The van der Waals surface area contributed by atoms with E-state index in [0.29, 0.717) is 0 Å². The molecule has 0 spiro atoms. The van der Waals surface area contributed by atoms with Gasteiger partial charge in [0.05, 0.1) is 20.6 Å². The van der Waals surface area contributed by atoms with Crippen molar-refractivity contribution in [3.63, 3.8) is 0 Å². The fraction of sp³-hybridized carbons (Fsp3) is 0.556. The van der Waals surface area contributed by atoms with Crippen LogP contribution in [0.4, 0.5) is 0 Å². The number of esters is 2. The van der Waals surface area contributed by atoms with Crippen LogP contribution >= 0.6 is 11.6 Å². The van der Waals surface area contributed by atoms with Crippen molar-refractivity contribution >= 4 is 23.5 Å². The van der Waals surface area contributed by atoms with Crippen LogP contribution in [0.2, 0.25) is 0 Å². The third kappa shape index (κ3) is 4.41. The molecule has 1 fully saturated rings. The second kappa shape index (κ2) is 8.38. The largest absolute Gasteiger partial charge is 0.497 e. The second-order valence-corrected chi connectivity index (χ2v) is 6.70. The maximum absolute atomic E-state index is 12.2. The van der Waals surface area contributed by atoms with Crippen LogP contribution in [0, 0.1) is 5.92 Å². The van der Waals surface area contributed by atoms with Crippen LogP contribution in [-0.4, -0.2) is 31.0 Å². The molecule has 0 bridgehead atoms.